The molecule has 6 aliphatic rings. The lowest BCUT2D eigenvalue weighted by Crippen LogP contribution is -2.67. The lowest BCUT2D eigenvalue weighted by atomic mass is 9.32. The van der Waals surface area contributed by atoms with Gasteiger partial charge in [0.25, 0.3) is 0 Å². The summed E-state index contributed by atoms with van der Waals surface area (Å²) in [7, 11) is 0. The Kier molecular flexibility index (Phi) is 8.03. The van der Waals surface area contributed by atoms with Gasteiger partial charge in [-0.3, -0.25) is 4.79 Å². The molecule has 2 aromatic rings. The van der Waals surface area contributed by atoms with Crippen LogP contribution in [0.2, 0.25) is 0 Å². The third-order valence-corrected chi connectivity index (χ3v) is 13.6. The summed E-state index contributed by atoms with van der Waals surface area (Å²) in [6.07, 6.45) is 4.83. The molecule has 3 fully saturated rings. The zero-order valence-electron chi connectivity index (χ0n) is 28.4. The zero-order valence-corrected chi connectivity index (χ0v) is 28.4. The maximum atomic E-state index is 14.7. The fourth-order valence-electron chi connectivity index (χ4n) is 11.1. The average molecular weight is 678 g/mol. The van der Waals surface area contributed by atoms with Gasteiger partial charge in [0.1, 0.15) is 0 Å². The molecule has 0 radical (unpaired) electrons. The van der Waals surface area contributed by atoms with Crippen LogP contribution in [0.25, 0.3) is 0 Å². The summed E-state index contributed by atoms with van der Waals surface area (Å²) < 4.78 is 47.0. The summed E-state index contributed by atoms with van der Waals surface area (Å²) >= 11 is 0. The van der Waals surface area contributed by atoms with Gasteiger partial charge in [-0.15, -0.1) is 0 Å². The van der Waals surface area contributed by atoms with Gasteiger partial charge in [0.15, 0.2) is 5.78 Å². The van der Waals surface area contributed by atoms with Crippen molar-refractivity contribution >= 4 is 11.9 Å². The summed E-state index contributed by atoms with van der Waals surface area (Å²) in [5.74, 6) is -0.666. The Balaban J connectivity index is 1.32. The van der Waals surface area contributed by atoms with E-state index < -0.39 is 51.6 Å². The molecule has 8 atom stereocenters. The summed E-state index contributed by atoms with van der Waals surface area (Å²) in [5.41, 5.74) is -3.27. The maximum absolute atomic E-state index is 14.7. The zero-order chi connectivity index (χ0) is 35.0. The van der Waals surface area contributed by atoms with Crippen LogP contribution in [0.3, 0.4) is 0 Å². The van der Waals surface area contributed by atoms with Crippen LogP contribution in [0.1, 0.15) is 87.2 Å². The number of ether oxygens (including phenoxy) is 1. The molecule has 0 saturated heterocycles. The molecule has 49 heavy (non-hydrogen) atoms. The van der Waals surface area contributed by atoms with Gasteiger partial charge in [-0.2, -0.15) is 13.2 Å². The van der Waals surface area contributed by atoms with Crippen molar-refractivity contribution in [2.45, 2.75) is 90.1 Å². The Bertz CT molecular complexity index is 1710. The summed E-state index contributed by atoms with van der Waals surface area (Å²) in [6, 6.07) is 14.2. The Morgan fingerprint density at radius 3 is 2.35 bits per heavy atom. The van der Waals surface area contributed by atoms with Crippen LogP contribution in [-0.2, 0) is 17.5 Å². The molecular weight excluding hydrogens is 631 g/mol. The number of Topliss-reactive ketones (excluding diaryl/α,β-unsaturated/α-hetero) is 1. The van der Waals surface area contributed by atoms with Crippen LogP contribution in [0.4, 0.5) is 18.0 Å². The predicted octanol–water partition coefficient (Wildman–Crippen LogP) is 8.14. The number of aliphatic hydroxyl groups is 2. The maximum Gasteiger partial charge on any atom is 0.416 e. The van der Waals surface area contributed by atoms with Gasteiger partial charge in [0, 0.05) is 33.9 Å². The molecule has 6 nitrogen and oxygen atoms in total. The molecule has 6 aliphatic carbocycles. The van der Waals surface area contributed by atoms with Crippen LogP contribution in [0, 0.1) is 33.5 Å². The van der Waals surface area contributed by atoms with Gasteiger partial charge in [-0.25, -0.2) is 4.79 Å². The highest BCUT2D eigenvalue weighted by atomic mass is 19.4. The lowest BCUT2D eigenvalue weighted by Gasteiger charge is -2.71. The number of carbonyl (C=O) groups excluding carboxylic acids is 2. The van der Waals surface area contributed by atoms with Crippen molar-refractivity contribution in [2.24, 2.45) is 33.5 Å². The molecule has 0 heterocycles. The molecular formula is C40H46F3NO5. The van der Waals surface area contributed by atoms with E-state index in [4.69, 9.17) is 4.74 Å². The minimum atomic E-state index is -4.60. The lowest BCUT2D eigenvalue weighted by molar-refractivity contribution is -0.175. The Morgan fingerprint density at radius 1 is 0.939 bits per heavy atom. The third kappa shape index (κ3) is 4.96. The van der Waals surface area contributed by atoms with Gasteiger partial charge < -0.3 is 19.8 Å². The smallest absolute Gasteiger partial charge is 0.416 e. The fraction of sp³-hybridized carbons (Fsp3) is 0.550. The molecule has 0 aliphatic heterocycles. The van der Waals surface area contributed by atoms with E-state index in [2.05, 4.69) is 26.0 Å². The molecule has 2 aromatic carbocycles. The number of ketones is 1. The first kappa shape index (κ1) is 34.0. The van der Waals surface area contributed by atoms with Crippen LogP contribution >= 0.6 is 0 Å². The van der Waals surface area contributed by atoms with E-state index in [0.29, 0.717) is 44.1 Å². The van der Waals surface area contributed by atoms with Crippen molar-refractivity contribution in [3.63, 3.8) is 0 Å². The summed E-state index contributed by atoms with van der Waals surface area (Å²) in [6.45, 7) is 6.59. The number of hydrogen-bond acceptors (Lipinski definition) is 5. The molecule has 8 rings (SSSR count). The average Bonchev–Trinajstić information content (AvgIpc) is 3.34. The Hall–Kier alpha value is -3.43. The SMILES string of the molecule is CCOC(=O)N(Cc1ccccc1)C[C@]1(O)CC[C@H]2[C@]34C=C[C@@]5(C=C3C(=O)c3cccc(C(F)(F)F)c3)CC(O)CC[C@]5(C)[C@H]4CC[C@@]21C. The van der Waals surface area contributed by atoms with Gasteiger partial charge in [0.05, 0.1) is 30.4 Å². The van der Waals surface area contributed by atoms with Crippen molar-refractivity contribution < 1.29 is 37.7 Å². The number of nitrogens with zero attached hydrogens (tertiary/aromatic N) is 1. The topological polar surface area (TPSA) is 87.1 Å². The van der Waals surface area contributed by atoms with E-state index >= 15 is 0 Å². The van der Waals surface area contributed by atoms with E-state index in [9.17, 15) is 33.0 Å². The number of allylic oxidation sites excluding steroid dienone is 4. The molecule has 2 N–H and O–H groups in total. The standard InChI is InChI=1S/C40H46F3NO5/c1-4-49-34(47)44(24-26-9-6-5-7-10-26)25-38(48)18-15-32-36(38,3)17-14-31-35(2)16-13-29(45)22-37(35)19-20-39(31,32)30(23-37)33(46)27-11-8-12-28(21-27)40(41,42)43/h5-12,19-21,23,29,31-32,45,48H,4,13-18,22,24-25H2,1-3H3/t29?,31-,32-,35-,36+,37+,38-,39-/m1/s1. The number of carbonyl (C=O) groups is 2. The minimum absolute atomic E-state index is 0.0125. The van der Waals surface area contributed by atoms with Gasteiger partial charge in [0.2, 0.25) is 0 Å². The number of rotatable bonds is 7. The monoisotopic (exact) mass is 677 g/mol. The van der Waals surface area contributed by atoms with E-state index in [-0.39, 0.29) is 42.5 Å². The Morgan fingerprint density at radius 2 is 1.63 bits per heavy atom. The highest BCUT2D eigenvalue weighted by molar-refractivity contribution is 6.10. The van der Waals surface area contributed by atoms with Gasteiger partial charge in [-0.1, -0.05) is 74.5 Å². The predicted molar refractivity (Wildman–Crippen MR) is 178 cm³/mol. The number of halogens is 3. The van der Waals surface area contributed by atoms with Gasteiger partial charge in [-0.05, 0) is 86.8 Å². The van der Waals surface area contributed by atoms with Gasteiger partial charge >= 0.3 is 12.3 Å². The van der Waals surface area contributed by atoms with E-state index in [1.807, 2.05) is 36.4 Å². The number of aliphatic hydroxyl groups excluding tert-OH is 1. The van der Waals surface area contributed by atoms with E-state index in [1.165, 1.54) is 12.1 Å². The minimum Gasteiger partial charge on any atom is -0.450 e. The largest absolute Gasteiger partial charge is 0.450 e. The quantitative estimate of drug-likeness (QED) is 0.228. The van der Waals surface area contributed by atoms with Crippen LogP contribution in [0.15, 0.2) is 78.4 Å². The van der Waals surface area contributed by atoms with E-state index in [1.54, 1.807) is 11.8 Å². The first-order valence-corrected chi connectivity index (χ1v) is 17.6. The van der Waals surface area contributed by atoms with Crippen molar-refractivity contribution in [3.05, 3.63) is 95.1 Å². The number of hydrogen-bond donors (Lipinski definition) is 2. The van der Waals surface area contributed by atoms with Crippen molar-refractivity contribution in [1.29, 1.82) is 0 Å². The fourth-order valence-corrected chi connectivity index (χ4v) is 11.1. The van der Waals surface area contributed by atoms with Crippen LogP contribution in [0.5, 0.6) is 0 Å². The molecule has 2 spiro atoms. The number of fused-ring (bicyclic) bond motifs is 1. The molecule has 9 heteroatoms. The molecule has 0 aromatic heterocycles. The normalized spacial score (nSPS) is 37.5. The van der Waals surface area contributed by atoms with Crippen LogP contribution < -0.4 is 0 Å². The highest BCUT2D eigenvalue weighted by Crippen LogP contribution is 2.78. The van der Waals surface area contributed by atoms with E-state index in [0.717, 1.165) is 24.1 Å². The molecule has 1 amide bonds. The van der Waals surface area contributed by atoms with Crippen molar-refractivity contribution in [2.75, 3.05) is 13.2 Å². The van der Waals surface area contributed by atoms with Crippen molar-refractivity contribution in [3.8, 4) is 0 Å². The third-order valence-electron chi connectivity index (χ3n) is 13.6. The van der Waals surface area contributed by atoms with Crippen LogP contribution in [-0.4, -0.2) is 51.8 Å². The summed E-state index contributed by atoms with van der Waals surface area (Å²) in [4.78, 5) is 29.6. The molecule has 3 saturated carbocycles. The first-order chi connectivity index (χ1) is 23.1. The number of alkyl halides is 3. The number of benzene rings is 2. The second-order valence-electron chi connectivity index (χ2n) is 15.8. The molecule has 2 bridgehead atoms. The first-order valence-electron chi connectivity index (χ1n) is 17.6. The molecule has 262 valence electrons. The Labute approximate surface area is 286 Å². The number of amides is 1. The second kappa shape index (κ2) is 11.6. The summed E-state index contributed by atoms with van der Waals surface area (Å²) in [5, 5.41) is 23.7. The molecule has 1 unspecified atom stereocenters. The highest BCUT2D eigenvalue weighted by Gasteiger charge is 2.74. The second-order valence-corrected chi connectivity index (χ2v) is 15.8. The van der Waals surface area contributed by atoms with Crippen molar-refractivity contribution in [1.82, 2.24) is 4.90 Å².